The summed E-state index contributed by atoms with van der Waals surface area (Å²) in [6.07, 6.45) is 20.1. The first-order chi connectivity index (χ1) is 14.8. The van der Waals surface area contributed by atoms with Crippen molar-refractivity contribution in [2.45, 2.75) is 136 Å². The molecule has 0 atom stereocenters. The maximum absolute atomic E-state index is 11.7. The number of rotatable bonds is 21. The van der Waals surface area contributed by atoms with Crippen LogP contribution in [0.25, 0.3) is 0 Å². The second-order valence-corrected chi connectivity index (χ2v) is 9.56. The Balaban J connectivity index is 3.27. The van der Waals surface area contributed by atoms with Crippen LogP contribution in [-0.4, -0.2) is 37.4 Å². The molecule has 0 heterocycles. The zero-order valence-corrected chi connectivity index (χ0v) is 21.0. The molecule has 0 saturated carbocycles. The monoisotopic (exact) mass is 442 g/mol. The summed E-state index contributed by atoms with van der Waals surface area (Å²) in [6.45, 7) is 7.97. The van der Waals surface area contributed by atoms with Crippen molar-refractivity contribution in [2.24, 2.45) is 0 Å². The Kier molecular flexibility index (Phi) is 20.0. The molecule has 5 heteroatoms. The van der Waals surface area contributed by atoms with Gasteiger partial charge in [0.05, 0.1) is 6.61 Å². The summed E-state index contributed by atoms with van der Waals surface area (Å²) in [5.74, 6) is -0.591. The van der Waals surface area contributed by atoms with Crippen molar-refractivity contribution in [3.8, 4) is 0 Å². The third-order valence-corrected chi connectivity index (χ3v) is 5.12. The van der Waals surface area contributed by atoms with E-state index in [9.17, 15) is 9.59 Å². The molecule has 0 unspecified atom stereocenters. The predicted octanol–water partition coefficient (Wildman–Crippen LogP) is 7.15. The van der Waals surface area contributed by atoms with Crippen LogP contribution in [0, 0.1) is 0 Å². The van der Waals surface area contributed by atoms with Gasteiger partial charge in [0, 0.05) is 6.42 Å². The second-order valence-electron chi connectivity index (χ2n) is 9.56. The number of ether oxygens (including phenoxy) is 3. The van der Waals surface area contributed by atoms with Gasteiger partial charge in [-0.3, -0.25) is 4.79 Å². The van der Waals surface area contributed by atoms with E-state index in [1.54, 1.807) is 0 Å². The Labute approximate surface area is 192 Å². The van der Waals surface area contributed by atoms with E-state index >= 15 is 0 Å². The third kappa shape index (κ3) is 25.0. The molecule has 0 amide bonds. The topological polar surface area (TPSA) is 61.8 Å². The molecule has 0 spiro atoms. The minimum atomic E-state index is -0.514. The summed E-state index contributed by atoms with van der Waals surface area (Å²) in [5.41, 5.74) is -0.514. The van der Waals surface area contributed by atoms with E-state index in [0.717, 1.165) is 12.8 Å². The highest BCUT2D eigenvalue weighted by Gasteiger charge is 2.16. The maximum Gasteiger partial charge on any atom is 0.332 e. The number of hydrogen-bond donors (Lipinski definition) is 0. The van der Waals surface area contributed by atoms with Crippen molar-refractivity contribution in [3.05, 3.63) is 0 Å². The van der Waals surface area contributed by atoms with Crippen molar-refractivity contribution in [2.75, 3.05) is 19.8 Å². The molecule has 0 radical (unpaired) electrons. The molecular formula is C26H50O5. The molecule has 0 fully saturated rings. The average Bonchev–Trinajstić information content (AvgIpc) is 2.69. The lowest BCUT2D eigenvalue weighted by Gasteiger charge is -2.19. The lowest BCUT2D eigenvalue weighted by Crippen LogP contribution is -2.27. The molecule has 0 aliphatic rings. The molecule has 0 bridgehead atoms. The van der Waals surface area contributed by atoms with Crippen LogP contribution in [0.1, 0.15) is 130 Å². The predicted molar refractivity (Wildman–Crippen MR) is 127 cm³/mol. The molecule has 0 aliphatic carbocycles. The van der Waals surface area contributed by atoms with E-state index in [0.29, 0.717) is 6.42 Å². The highest BCUT2D eigenvalue weighted by Crippen LogP contribution is 2.14. The highest BCUT2D eigenvalue weighted by molar-refractivity contribution is 5.71. The van der Waals surface area contributed by atoms with E-state index in [1.165, 1.54) is 83.5 Å². The average molecular weight is 443 g/mol. The zero-order valence-electron chi connectivity index (χ0n) is 21.0. The standard InChI is InChI=1S/C26H50O5/c1-5-6-7-8-9-10-11-12-13-14-15-16-17-18-19-20-24(27)30-22-21-29-23-25(28)31-26(2,3)4/h5-23H2,1-4H3. The summed E-state index contributed by atoms with van der Waals surface area (Å²) in [6, 6.07) is 0. The second kappa shape index (κ2) is 20.8. The third-order valence-electron chi connectivity index (χ3n) is 5.12. The van der Waals surface area contributed by atoms with Crippen molar-refractivity contribution in [3.63, 3.8) is 0 Å². The number of esters is 2. The smallest absolute Gasteiger partial charge is 0.332 e. The Morgan fingerprint density at radius 1 is 0.613 bits per heavy atom. The van der Waals surface area contributed by atoms with Gasteiger partial charge in [0.2, 0.25) is 0 Å². The zero-order chi connectivity index (χ0) is 23.2. The fraction of sp³-hybridized carbons (Fsp3) is 0.923. The SMILES string of the molecule is CCCCCCCCCCCCCCCCCC(=O)OCCOCC(=O)OC(C)(C)C. The highest BCUT2D eigenvalue weighted by atomic mass is 16.6. The molecular weight excluding hydrogens is 392 g/mol. The summed E-state index contributed by atoms with van der Waals surface area (Å²) in [4.78, 5) is 23.2. The van der Waals surface area contributed by atoms with Crippen molar-refractivity contribution in [1.29, 1.82) is 0 Å². The summed E-state index contributed by atoms with van der Waals surface area (Å²) in [7, 11) is 0. The quantitative estimate of drug-likeness (QED) is 0.139. The number of carbonyl (C=O) groups is 2. The molecule has 5 nitrogen and oxygen atoms in total. The molecule has 184 valence electrons. The van der Waals surface area contributed by atoms with E-state index in [1.807, 2.05) is 20.8 Å². The van der Waals surface area contributed by atoms with Crippen LogP contribution >= 0.6 is 0 Å². The minimum absolute atomic E-state index is 0.117. The van der Waals surface area contributed by atoms with Crippen LogP contribution in [0.15, 0.2) is 0 Å². The Morgan fingerprint density at radius 3 is 1.52 bits per heavy atom. The van der Waals surface area contributed by atoms with Crippen LogP contribution in [0.3, 0.4) is 0 Å². The molecule has 0 aromatic heterocycles. The first kappa shape index (κ1) is 29.9. The van der Waals surface area contributed by atoms with Gasteiger partial charge in [0.15, 0.2) is 0 Å². The first-order valence-corrected chi connectivity index (χ1v) is 12.8. The minimum Gasteiger partial charge on any atom is -0.463 e. The molecule has 0 rings (SSSR count). The fourth-order valence-electron chi connectivity index (χ4n) is 3.45. The summed E-state index contributed by atoms with van der Waals surface area (Å²) >= 11 is 0. The number of unbranched alkanes of at least 4 members (excludes halogenated alkanes) is 14. The van der Waals surface area contributed by atoms with Crippen LogP contribution in [0.5, 0.6) is 0 Å². The lowest BCUT2D eigenvalue weighted by molar-refractivity contribution is -0.161. The van der Waals surface area contributed by atoms with Crippen LogP contribution < -0.4 is 0 Å². The van der Waals surface area contributed by atoms with Crippen molar-refractivity contribution < 1.29 is 23.8 Å². The molecule has 0 N–H and O–H groups in total. The van der Waals surface area contributed by atoms with Gasteiger partial charge in [-0.1, -0.05) is 96.8 Å². The van der Waals surface area contributed by atoms with Crippen LogP contribution in [0.4, 0.5) is 0 Å². The van der Waals surface area contributed by atoms with Gasteiger partial charge in [-0.2, -0.15) is 0 Å². The van der Waals surface area contributed by atoms with Gasteiger partial charge in [-0.25, -0.2) is 4.79 Å². The molecule has 0 aliphatic heterocycles. The Hall–Kier alpha value is -1.10. The van der Waals surface area contributed by atoms with Gasteiger partial charge in [0.25, 0.3) is 0 Å². The van der Waals surface area contributed by atoms with Gasteiger partial charge >= 0.3 is 11.9 Å². The maximum atomic E-state index is 11.7. The number of carbonyl (C=O) groups excluding carboxylic acids is 2. The van der Waals surface area contributed by atoms with Crippen LogP contribution in [-0.2, 0) is 23.8 Å². The largest absolute Gasteiger partial charge is 0.463 e. The van der Waals surface area contributed by atoms with E-state index in [-0.39, 0.29) is 25.8 Å². The first-order valence-electron chi connectivity index (χ1n) is 12.8. The van der Waals surface area contributed by atoms with Crippen molar-refractivity contribution >= 4 is 11.9 Å². The van der Waals surface area contributed by atoms with Gasteiger partial charge in [0.1, 0.15) is 18.8 Å². The van der Waals surface area contributed by atoms with E-state index < -0.39 is 11.6 Å². The molecule has 31 heavy (non-hydrogen) atoms. The Bertz CT molecular complexity index is 428. The summed E-state index contributed by atoms with van der Waals surface area (Å²) in [5, 5.41) is 0. The normalized spacial score (nSPS) is 11.5. The number of hydrogen-bond acceptors (Lipinski definition) is 5. The summed E-state index contributed by atoms with van der Waals surface area (Å²) < 4.78 is 15.4. The Morgan fingerprint density at radius 2 is 1.06 bits per heavy atom. The van der Waals surface area contributed by atoms with E-state index in [4.69, 9.17) is 14.2 Å². The van der Waals surface area contributed by atoms with Gasteiger partial charge in [-0.05, 0) is 27.2 Å². The molecule has 0 aromatic carbocycles. The van der Waals surface area contributed by atoms with Gasteiger partial charge in [-0.15, -0.1) is 0 Å². The van der Waals surface area contributed by atoms with Crippen LogP contribution in [0.2, 0.25) is 0 Å². The van der Waals surface area contributed by atoms with E-state index in [2.05, 4.69) is 6.92 Å². The molecule has 0 saturated heterocycles. The van der Waals surface area contributed by atoms with Gasteiger partial charge < -0.3 is 14.2 Å². The lowest BCUT2D eigenvalue weighted by atomic mass is 10.0. The fourth-order valence-corrected chi connectivity index (χ4v) is 3.45. The molecule has 0 aromatic rings. The van der Waals surface area contributed by atoms with Crippen molar-refractivity contribution in [1.82, 2.24) is 0 Å².